The van der Waals surface area contributed by atoms with Crippen LogP contribution in [0.4, 0.5) is 5.69 Å². The van der Waals surface area contributed by atoms with Crippen LogP contribution in [0.5, 0.6) is 0 Å². The molecule has 0 amide bonds. The second-order valence-electron chi connectivity index (χ2n) is 6.29. The van der Waals surface area contributed by atoms with E-state index < -0.39 is 0 Å². The van der Waals surface area contributed by atoms with E-state index in [9.17, 15) is 10.1 Å². The van der Waals surface area contributed by atoms with Crippen molar-refractivity contribution in [1.82, 2.24) is 4.98 Å². The van der Waals surface area contributed by atoms with E-state index in [1.54, 1.807) is 23.5 Å². The number of rotatable bonds is 2. The highest BCUT2D eigenvalue weighted by molar-refractivity contribution is 7.15. The van der Waals surface area contributed by atoms with Gasteiger partial charge in [0.1, 0.15) is 5.01 Å². The van der Waals surface area contributed by atoms with Gasteiger partial charge in [0.05, 0.1) is 10.6 Å². The fourth-order valence-corrected chi connectivity index (χ4v) is 3.95. The molecule has 0 spiro atoms. The van der Waals surface area contributed by atoms with Gasteiger partial charge in [-0.15, -0.1) is 11.3 Å². The van der Waals surface area contributed by atoms with Gasteiger partial charge in [-0.1, -0.05) is 26.0 Å². The van der Waals surface area contributed by atoms with Crippen molar-refractivity contribution < 1.29 is 4.92 Å². The number of hydrogen-bond acceptors (Lipinski definition) is 5. The summed E-state index contributed by atoms with van der Waals surface area (Å²) in [6.45, 7) is 4.39. The van der Waals surface area contributed by atoms with Crippen LogP contribution >= 0.6 is 11.3 Å². The Morgan fingerprint density at radius 1 is 1.48 bits per heavy atom. The quantitative estimate of drug-likeness (QED) is 0.677. The molecule has 0 bridgehead atoms. The van der Waals surface area contributed by atoms with E-state index in [4.69, 9.17) is 5.73 Å². The predicted octanol–water partition coefficient (Wildman–Crippen LogP) is 3.69. The van der Waals surface area contributed by atoms with Crippen LogP contribution < -0.4 is 5.73 Å². The summed E-state index contributed by atoms with van der Waals surface area (Å²) in [5.41, 5.74) is 8.33. The molecule has 3 rings (SSSR count). The number of nitrogens with zero attached hydrogens (tertiary/aromatic N) is 2. The van der Waals surface area contributed by atoms with Gasteiger partial charge >= 0.3 is 0 Å². The number of nitro groups is 1. The van der Waals surface area contributed by atoms with Crippen LogP contribution in [0.15, 0.2) is 24.3 Å². The molecule has 2 N–H and O–H groups in total. The number of fused-ring (bicyclic) bond motifs is 1. The molecule has 1 unspecified atom stereocenters. The fourth-order valence-electron chi connectivity index (χ4n) is 2.87. The van der Waals surface area contributed by atoms with Crippen molar-refractivity contribution in [2.24, 2.45) is 11.1 Å². The summed E-state index contributed by atoms with van der Waals surface area (Å²) in [6, 6.07) is 6.62. The van der Waals surface area contributed by atoms with E-state index in [0.717, 1.165) is 34.0 Å². The molecule has 1 aliphatic carbocycles. The number of nitro benzene ring substituents is 1. The SMILES string of the molecule is CC1(C)Cc2nc(-c3cccc([N+](=O)[O-])c3)sc2C(N)C1. The average Bonchev–Trinajstić information content (AvgIpc) is 2.81. The maximum absolute atomic E-state index is 10.9. The molecule has 5 nitrogen and oxygen atoms in total. The number of thiazole rings is 1. The molecule has 1 aliphatic rings. The highest BCUT2D eigenvalue weighted by Gasteiger charge is 2.33. The first-order chi connectivity index (χ1) is 9.85. The van der Waals surface area contributed by atoms with Gasteiger partial charge in [-0.25, -0.2) is 4.98 Å². The summed E-state index contributed by atoms with van der Waals surface area (Å²) in [5, 5.41) is 11.7. The molecular formula is C15H17N3O2S. The lowest BCUT2D eigenvalue weighted by molar-refractivity contribution is -0.384. The summed E-state index contributed by atoms with van der Waals surface area (Å²) in [5.74, 6) is 0. The lowest BCUT2D eigenvalue weighted by atomic mass is 9.77. The van der Waals surface area contributed by atoms with Crippen molar-refractivity contribution >= 4 is 17.0 Å². The van der Waals surface area contributed by atoms with Crippen molar-refractivity contribution in [3.63, 3.8) is 0 Å². The third kappa shape index (κ3) is 2.69. The number of benzene rings is 1. The van der Waals surface area contributed by atoms with Gasteiger partial charge in [0.2, 0.25) is 0 Å². The lowest BCUT2D eigenvalue weighted by Crippen LogP contribution is -2.28. The maximum atomic E-state index is 10.9. The minimum Gasteiger partial charge on any atom is -0.323 e. The van der Waals surface area contributed by atoms with E-state index in [0.29, 0.717) is 0 Å². The van der Waals surface area contributed by atoms with E-state index in [2.05, 4.69) is 18.8 Å². The minimum absolute atomic E-state index is 0.00805. The molecule has 110 valence electrons. The first-order valence-electron chi connectivity index (χ1n) is 6.86. The highest BCUT2D eigenvalue weighted by atomic mass is 32.1. The lowest BCUT2D eigenvalue weighted by Gasteiger charge is -2.32. The van der Waals surface area contributed by atoms with Gasteiger partial charge in [0.25, 0.3) is 5.69 Å². The van der Waals surface area contributed by atoms with Gasteiger partial charge in [-0.3, -0.25) is 10.1 Å². The average molecular weight is 303 g/mol. The zero-order valence-electron chi connectivity index (χ0n) is 12.0. The predicted molar refractivity (Wildman–Crippen MR) is 83.2 cm³/mol. The molecule has 0 saturated heterocycles. The van der Waals surface area contributed by atoms with Crippen molar-refractivity contribution in [3.8, 4) is 10.6 Å². The van der Waals surface area contributed by atoms with Gasteiger partial charge in [-0.2, -0.15) is 0 Å². The normalized spacial score (nSPS) is 20.0. The Bertz CT molecular complexity index is 709. The Kier molecular flexibility index (Phi) is 3.30. The zero-order chi connectivity index (χ0) is 15.2. The number of nitrogens with two attached hydrogens (primary N) is 1. The highest BCUT2D eigenvalue weighted by Crippen LogP contribution is 2.43. The molecule has 0 fully saturated rings. The van der Waals surface area contributed by atoms with Crippen molar-refractivity contribution in [2.45, 2.75) is 32.7 Å². The van der Waals surface area contributed by atoms with Crippen molar-refractivity contribution in [3.05, 3.63) is 45.0 Å². The molecule has 0 aliphatic heterocycles. The molecule has 21 heavy (non-hydrogen) atoms. The molecule has 1 aromatic heterocycles. The monoisotopic (exact) mass is 303 g/mol. The van der Waals surface area contributed by atoms with Crippen LogP contribution in [0, 0.1) is 15.5 Å². The summed E-state index contributed by atoms with van der Waals surface area (Å²) in [7, 11) is 0. The van der Waals surface area contributed by atoms with E-state index >= 15 is 0 Å². The molecule has 1 aromatic carbocycles. The Morgan fingerprint density at radius 2 is 2.24 bits per heavy atom. The van der Waals surface area contributed by atoms with E-state index in [-0.39, 0.29) is 22.1 Å². The van der Waals surface area contributed by atoms with Crippen LogP contribution in [-0.2, 0) is 6.42 Å². The standard InChI is InChI=1S/C15H17N3O2S/c1-15(2)7-11(16)13-12(8-15)17-14(21-13)9-4-3-5-10(6-9)18(19)20/h3-6,11H,7-8,16H2,1-2H3. The van der Waals surface area contributed by atoms with Crippen molar-refractivity contribution in [1.29, 1.82) is 0 Å². The van der Waals surface area contributed by atoms with Crippen LogP contribution in [0.3, 0.4) is 0 Å². The van der Waals surface area contributed by atoms with Crippen LogP contribution in [0.1, 0.15) is 36.9 Å². The molecular weight excluding hydrogens is 286 g/mol. The van der Waals surface area contributed by atoms with E-state index in [1.807, 2.05) is 6.07 Å². The topological polar surface area (TPSA) is 82.0 Å². The first-order valence-corrected chi connectivity index (χ1v) is 7.67. The van der Waals surface area contributed by atoms with Crippen LogP contribution in [-0.4, -0.2) is 9.91 Å². The molecule has 0 radical (unpaired) electrons. The zero-order valence-corrected chi connectivity index (χ0v) is 12.8. The summed E-state index contributed by atoms with van der Waals surface area (Å²) < 4.78 is 0. The number of aromatic nitrogens is 1. The Hall–Kier alpha value is -1.79. The fraction of sp³-hybridized carbons (Fsp3) is 0.400. The molecule has 6 heteroatoms. The number of non-ortho nitro benzene ring substituents is 1. The molecule has 1 atom stereocenters. The smallest absolute Gasteiger partial charge is 0.270 e. The third-order valence-corrected chi connectivity index (χ3v) is 5.07. The largest absolute Gasteiger partial charge is 0.323 e. The summed E-state index contributed by atoms with van der Waals surface area (Å²) in [6.07, 6.45) is 1.85. The van der Waals surface area contributed by atoms with Gasteiger partial charge in [0.15, 0.2) is 0 Å². The number of hydrogen-bond donors (Lipinski definition) is 1. The second-order valence-corrected chi connectivity index (χ2v) is 7.32. The maximum Gasteiger partial charge on any atom is 0.270 e. The van der Waals surface area contributed by atoms with Crippen LogP contribution in [0.25, 0.3) is 10.6 Å². The minimum atomic E-state index is -0.383. The third-order valence-electron chi connectivity index (χ3n) is 3.79. The van der Waals surface area contributed by atoms with Crippen LogP contribution in [0.2, 0.25) is 0 Å². The Balaban J connectivity index is 2.02. The van der Waals surface area contributed by atoms with E-state index in [1.165, 1.54) is 6.07 Å². The Labute approximate surface area is 127 Å². The van der Waals surface area contributed by atoms with Gasteiger partial charge < -0.3 is 5.73 Å². The summed E-state index contributed by atoms with van der Waals surface area (Å²) in [4.78, 5) is 16.3. The van der Waals surface area contributed by atoms with Gasteiger partial charge in [0, 0.05) is 28.6 Å². The molecule has 1 heterocycles. The molecule has 0 saturated carbocycles. The van der Waals surface area contributed by atoms with Crippen molar-refractivity contribution in [2.75, 3.05) is 0 Å². The summed E-state index contributed by atoms with van der Waals surface area (Å²) >= 11 is 1.56. The second kappa shape index (κ2) is 4.89. The first kappa shape index (κ1) is 14.2. The molecule has 2 aromatic rings. The Morgan fingerprint density at radius 3 is 2.95 bits per heavy atom. The van der Waals surface area contributed by atoms with Gasteiger partial charge in [-0.05, 0) is 18.3 Å².